The maximum atomic E-state index is 13.5. The maximum absolute atomic E-state index is 13.5. The Balaban J connectivity index is 1.87. The molecular formula is C16H22FNO2S. The Bertz CT molecular complexity index is 483. The van der Waals surface area contributed by atoms with E-state index in [1.165, 1.54) is 17.8 Å². The number of hydrogen-bond acceptors (Lipinski definition) is 3. The predicted octanol–water partition coefficient (Wildman–Crippen LogP) is 3.49. The summed E-state index contributed by atoms with van der Waals surface area (Å²) in [6.45, 7) is 3.63. The zero-order valence-corrected chi connectivity index (χ0v) is 13.1. The number of thioether (sulfide) groups is 1. The average molecular weight is 311 g/mol. The van der Waals surface area contributed by atoms with E-state index >= 15 is 0 Å². The van der Waals surface area contributed by atoms with Gasteiger partial charge in [0.15, 0.2) is 0 Å². The molecule has 0 amide bonds. The molecule has 21 heavy (non-hydrogen) atoms. The van der Waals surface area contributed by atoms with Crippen molar-refractivity contribution in [3.63, 3.8) is 0 Å². The normalized spacial score (nSPS) is 23.1. The highest BCUT2D eigenvalue weighted by molar-refractivity contribution is 7.99. The molecule has 1 heterocycles. The van der Waals surface area contributed by atoms with Crippen LogP contribution in [0.5, 0.6) is 0 Å². The van der Waals surface area contributed by atoms with Crippen LogP contribution in [0.3, 0.4) is 0 Å². The summed E-state index contributed by atoms with van der Waals surface area (Å²) in [6, 6.07) is 6.32. The Kier molecular flexibility index (Phi) is 6.06. The molecule has 0 bridgehead atoms. The molecule has 116 valence electrons. The topological polar surface area (TPSA) is 40.5 Å². The molecule has 1 fully saturated rings. The van der Waals surface area contributed by atoms with Crippen molar-refractivity contribution in [2.24, 2.45) is 5.92 Å². The third kappa shape index (κ3) is 4.45. The van der Waals surface area contributed by atoms with Crippen molar-refractivity contribution in [3.05, 3.63) is 30.1 Å². The molecule has 5 heteroatoms. The molecule has 1 aliphatic rings. The second kappa shape index (κ2) is 7.80. The van der Waals surface area contributed by atoms with Gasteiger partial charge in [0.1, 0.15) is 11.9 Å². The van der Waals surface area contributed by atoms with Crippen LogP contribution in [0.25, 0.3) is 0 Å². The Morgan fingerprint density at radius 3 is 2.90 bits per heavy atom. The minimum Gasteiger partial charge on any atom is -0.480 e. The van der Waals surface area contributed by atoms with Crippen LogP contribution < -0.4 is 0 Å². The summed E-state index contributed by atoms with van der Waals surface area (Å²) in [4.78, 5) is 14.1. The number of likely N-dealkylation sites (tertiary alicyclic amines) is 1. The summed E-state index contributed by atoms with van der Waals surface area (Å²) in [6.07, 6.45) is 2.84. The Morgan fingerprint density at radius 2 is 2.24 bits per heavy atom. The number of nitrogens with zero attached hydrogens (tertiary/aromatic N) is 1. The highest BCUT2D eigenvalue weighted by Crippen LogP contribution is 2.27. The summed E-state index contributed by atoms with van der Waals surface area (Å²) in [5.41, 5.74) is 0. The third-order valence-corrected chi connectivity index (χ3v) is 5.19. The average Bonchev–Trinajstić information content (AvgIpc) is 2.49. The predicted molar refractivity (Wildman–Crippen MR) is 83.1 cm³/mol. The Morgan fingerprint density at radius 1 is 1.48 bits per heavy atom. The zero-order chi connectivity index (χ0) is 15.2. The molecular weight excluding hydrogens is 289 g/mol. The van der Waals surface area contributed by atoms with Gasteiger partial charge in [-0.1, -0.05) is 25.5 Å². The summed E-state index contributed by atoms with van der Waals surface area (Å²) in [5, 5.41) is 9.37. The van der Waals surface area contributed by atoms with Gasteiger partial charge in [-0.3, -0.25) is 9.69 Å². The molecule has 1 aliphatic heterocycles. The van der Waals surface area contributed by atoms with Crippen LogP contribution in [0.2, 0.25) is 0 Å². The largest absolute Gasteiger partial charge is 0.480 e. The molecule has 2 rings (SSSR count). The van der Waals surface area contributed by atoms with Crippen LogP contribution in [0.1, 0.15) is 26.2 Å². The smallest absolute Gasteiger partial charge is 0.320 e. The summed E-state index contributed by atoms with van der Waals surface area (Å²) in [7, 11) is 0. The first kappa shape index (κ1) is 16.3. The first-order valence-corrected chi connectivity index (χ1v) is 8.44. The van der Waals surface area contributed by atoms with Crippen molar-refractivity contribution >= 4 is 17.7 Å². The second-order valence-electron chi connectivity index (χ2n) is 5.47. The third-order valence-electron chi connectivity index (χ3n) is 4.16. The maximum Gasteiger partial charge on any atom is 0.320 e. The van der Waals surface area contributed by atoms with E-state index in [4.69, 9.17) is 0 Å². The molecule has 1 saturated heterocycles. The van der Waals surface area contributed by atoms with E-state index in [1.807, 2.05) is 11.0 Å². The molecule has 0 aliphatic carbocycles. The van der Waals surface area contributed by atoms with Crippen molar-refractivity contribution in [1.82, 2.24) is 4.90 Å². The fourth-order valence-corrected chi connectivity index (χ4v) is 3.74. The van der Waals surface area contributed by atoms with E-state index < -0.39 is 5.97 Å². The molecule has 3 nitrogen and oxygen atoms in total. The highest BCUT2D eigenvalue weighted by atomic mass is 32.2. The number of benzene rings is 1. The number of piperidine rings is 1. The lowest BCUT2D eigenvalue weighted by Crippen LogP contribution is -2.47. The van der Waals surface area contributed by atoms with Crippen LogP contribution in [-0.4, -0.2) is 40.9 Å². The molecule has 1 aromatic rings. The van der Waals surface area contributed by atoms with E-state index in [1.54, 1.807) is 12.1 Å². The number of hydrogen-bond donors (Lipinski definition) is 1. The lowest BCUT2D eigenvalue weighted by molar-refractivity contribution is -0.145. The molecule has 2 atom stereocenters. The Hall–Kier alpha value is -1.07. The van der Waals surface area contributed by atoms with Gasteiger partial charge in [0.25, 0.3) is 0 Å². The fourth-order valence-electron chi connectivity index (χ4n) is 2.82. The van der Waals surface area contributed by atoms with Gasteiger partial charge < -0.3 is 5.11 Å². The number of aliphatic carboxylic acids is 1. The molecule has 1 N–H and O–H groups in total. The van der Waals surface area contributed by atoms with Crippen LogP contribution in [0.4, 0.5) is 4.39 Å². The standard InChI is InChI=1S/C16H22FNO2S/c1-2-12-7-8-18(14(11-12)16(19)20)9-10-21-15-6-4-3-5-13(15)17/h3-6,12,14H,2,7-11H2,1H3,(H,19,20). The van der Waals surface area contributed by atoms with Gasteiger partial charge in [-0.25, -0.2) is 4.39 Å². The van der Waals surface area contributed by atoms with E-state index in [-0.39, 0.29) is 11.9 Å². The number of rotatable bonds is 6. The Labute approximate surface area is 129 Å². The first-order valence-electron chi connectivity index (χ1n) is 7.46. The van der Waals surface area contributed by atoms with Gasteiger partial charge in [-0.15, -0.1) is 11.8 Å². The van der Waals surface area contributed by atoms with Gasteiger partial charge in [0.05, 0.1) is 0 Å². The van der Waals surface area contributed by atoms with Gasteiger partial charge in [-0.2, -0.15) is 0 Å². The number of halogens is 1. The highest BCUT2D eigenvalue weighted by Gasteiger charge is 2.32. The quantitative estimate of drug-likeness (QED) is 0.817. The van der Waals surface area contributed by atoms with E-state index in [9.17, 15) is 14.3 Å². The van der Waals surface area contributed by atoms with Crippen LogP contribution in [0.15, 0.2) is 29.2 Å². The molecule has 0 spiro atoms. The van der Waals surface area contributed by atoms with Crippen molar-refractivity contribution < 1.29 is 14.3 Å². The number of carbonyl (C=O) groups is 1. The number of carboxylic acid groups (broad SMARTS) is 1. The summed E-state index contributed by atoms with van der Waals surface area (Å²) >= 11 is 1.45. The minimum absolute atomic E-state index is 0.207. The van der Waals surface area contributed by atoms with Gasteiger partial charge in [-0.05, 0) is 37.4 Å². The molecule has 2 unspecified atom stereocenters. The van der Waals surface area contributed by atoms with Crippen molar-refractivity contribution in [3.8, 4) is 0 Å². The second-order valence-corrected chi connectivity index (χ2v) is 6.60. The molecule has 1 aromatic carbocycles. The molecule has 0 saturated carbocycles. The monoisotopic (exact) mass is 311 g/mol. The van der Waals surface area contributed by atoms with E-state index in [2.05, 4.69) is 6.92 Å². The van der Waals surface area contributed by atoms with E-state index in [0.717, 1.165) is 25.8 Å². The first-order chi connectivity index (χ1) is 10.1. The van der Waals surface area contributed by atoms with Gasteiger partial charge >= 0.3 is 5.97 Å². The van der Waals surface area contributed by atoms with E-state index in [0.29, 0.717) is 23.1 Å². The lowest BCUT2D eigenvalue weighted by Gasteiger charge is -2.36. The van der Waals surface area contributed by atoms with Crippen molar-refractivity contribution in [2.75, 3.05) is 18.8 Å². The van der Waals surface area contributed by atoms with Crippen molar-refractivity contribution in [1.29, 1.82) is 0 Å². The van der Waals surface area contributed by atoms with Crippen LogP contribution in [0, 0.1) is 11.7 Å². The van der Waals surface area contributed by atoms with Gasteiger partial charge in [0.2, 0.25) is 0 Å². The molecule has 0 radical (unpaired) electrons. The van der Waals surface area contributed by atoms with Crippen LogP contribution >= 0.6 is 11.8 Å². The zero-order valence-electron chi connectivity index (χ0n) is 12.3. The lowest BCUT2D eigenvalue weighted by atomic mass is 9.89. The fraction of sp³-hybridized carbons (Fsp3) is 0.562. The SMILES string of the molecule is CCC1CCN(CCSc2ccccc2F)C(C(=O)O)C1. The minimum atomic E-state index is -0.732. The van der Waals surface area contributed by atoms with Crippen LogP contribution in [-0.2, 0) is 4.79 Å². The van der Waals surface area contributed by atoms with Gasteiger partial charge in [0, 0.05) is 17.2 Å². The summed E-state index contributed by atoms with van der Waals surface area (Å²) < 4.78 is 13.5. The number of carboxylic acids is 1. The molecule has 0 aromatic heterocycles. The summed E-state index contributed by atoms with van der Waals surface area (Å²) in [5.74, 6) is 0.286. The van der Waals surface area contributed by atoms with Crippen molar-refractivity contribution in [2.45, 2.75) is 37.1 Å².